The van der Waals surface area contributed by atoms with Gasteiger partial charge in [-0.25, -0.2) is 10.9 Å². The van der Waals surface area contributed by atoms with Gasteiger partial charge >= 0.3 is 6.18 Å². The molecule has 1 heterocycles. The molecule has 2 aromatic rings. The number of alkyl halides is 3. The number of halogens is 3. The molecular weight excluding hydrogens is 371 g/mol. The van der Waals surface area contributed by atoms with Crippen LogP contribution in [0.2, 0.25) is 0 Å². The molecule has 1 amide bonds. The highest BCUT2D eigenvalue weighted by Gasteiger charge is 2.34. The van der Waals surface area contributed by atoms with Crippen molar-refractivity contribution in [1.82, 2.24) is 16.2 Å². The maximum Gasteiger partial charge on any atom is 0.416 e. The van der Waals surface area contributed by atoms with Gasteiger partial charge in [0.2, 0.25) is 5.91 Å². The zero-order valence-corrected chi connectivity index (χ0v) is 15.3. The molecule has 0 radical (unpaired) electrons. The van der Waals surface area contributed by atoms with Crippen LogP contribution in [0.25, 0.3) is 0 Å². The Labute approximate surface area is 161 Å². The van der Waals surface area contributed by atoms with Crippen LogP contribution in [0.3, 0.4) is 0 Å². The first-order valence-corrected chi connectivity index (χ1v) is 9.05. The standard InChI is InChI=1S/C20H22F3N3O2/c1-2-28-15-9-7-13(8-10-15)17-11-18(26-25-17)19(27)24-12-14-5-3-4-6-16(14)20(21,22)23/h3-10,17-18,25-26H,2,11-12H2,1H3,(H,24,27). The molecule has 8 heteroatoms. The van der Waals surface area contributed by atoms with E-state index in [1.165, 1.54) is 18.2 Å². The molecular formula is C20H22F3N3O2. The second-order valence-corrected chi connectivity index (χ2v) is 6.50. The Balaban J connectivity index is 1.57. The number of carbonyl (C=O) groups is 1. The van der Waals surface area contributed by atoms with Crippen LogP contribution in [-0.4, -0.2) is 18.6 Å². The minimum Gasteiger partial charge on any atom is -0.494 e. The van der Waals surface area contributed by atoms with Gasteiger partial charge < -0.3 is 10.1 Å². The average molecular weight is 393 g/mol. The van der Waals surface area contributed by atoms with Crippen LogP contribution < -0.4 is 20.9 Å². The first-order chi connectivity index (χ1) is 13.4. The molecule has 1 aliphatic heterocycles. The highest BCUT2D eigenvalue weighted by molar-refractivity contribution is 5.82. The second-order valence-electron chi connectivity index (χ2n) is 6.50. The number of hydrogen-bond acceptors (Lipinski definition) is 4. The number of nitrogens with one attached hydrogen (secondary N) is 3. The lowest BCUT2D eigenvalue weighted by molar-refractivity contribution is -0.138. The van der Waals surface area contributed by atoms with Crippen LogP contribution >= 0.6 is 0 Å². The van der Waals surface area contributed by atoms with E-state index in [4.69, 9.17) is 4.74 Å². The van der Waals surface area contributed by atoms with Crippen molar-refractivity contribution in [3.63, 3.8) is 0 Å². The van der Waals surface area contributed by atoms with Gasteiger partial charge in [0.05, 0.1) is 12.2 Å². The monoisotopic (exact) mass is 393 g/mol. The zero-order chi connectivity index (χ0) is 20.1. The molecule has 3 N–H and O–H groups in total. The van der Waals surface area contributed by atoms with Gasteiger partial charge in [-0.1, -0.05) is 30.3 Å². The van der Waals surface area contributed by atoms with Crippen molar-refractivity contribution in [2.45, 2.75) is 38.1 Å². The van der Waals surface area contributed by atoms with Crippen molar-refractivity contribution < 1.29 is 22.7 Å². The number of carbonyl (C=O) groups excluding carboxylic acids is 1. The third kappa shape index (κ3) is 4.82. The van der Waals surface area contributed by atoms with Crippen LogP contribution in [0.1, 0.15) is 36.1 Å². The van der Waals surface area contributed by atoms with Gasteiger partial charge in [-0.05, 0) is 42.7 Å². The van der Waals surface area contributed by atoms with E-state index in [1.54, 1.807) is 0 Å². The Morgan fingerprint density at radius 3 is 2.54 bits per heavy atom. The lowest BCUT2D eigenvalue weighted by atomic mass is 10.0. The molecule has 0 aliphatic carbocycles. The minimum absolute atomic E-state index is 0.0392. The van der Waals surface area contributed by atoms with Gasteiger partial charge in [-0.15, -0.1) is 0 Å². The maximum absolute atomic E-state index is 13.0. The molecule has 28 heavy (non-hydrogen) atoms. The summed E-state index contributed by atoms with van der Waals surface area (Å²) in [6, 6.07) is 12.2. The summed E-state index contributed by atoms with van der Waals surface area (Å²) in [7, 11) is 0. The van der Waals surface area contributed by atoms with Gasteiger partial charge in [0.15, 0.2) is 0 Å². The van der Waals surface area contributed by atoms with Gasteiger partial charge in [0.1, 0.15) is 11.8 Å². The van der Waals surface area contributed by atoms with Crippen LogP contribution in [0.4, 0.5) is 13.2 Å². The Morgan fingerprint density at radius 2 is 1.86 bits per heavy atom. The van der Waals surface area contributed by atoms with Crippen LogP contribution in [0.5, 0.6) is 5.75 Å². The van der Waals surface area contributed by atoms with Crippen molar-refractivity contribution in [2.75, 3.05) is 6.61 Å². The average Bonchev–Trinajstić information content (AvgIpc) is 3.17. The molecule has 2 aromatic carbocycles. The molecule has 1 fully saturated rings. The largest absolute Gasteiger partial charge is 0.494 e. The normalized spacial score (nSPS) is 19.4. The van der Waals surface area contributed by atoms with Crippen LogP contribution in [-0.2, 0) is 17.5 Å². The number of hydrazine groups is 1. The fraction of sp³-hybridized carbons (Fsp3) is 0.350. The van der Waals surface area contributed by atoms with Crippen molar-refractivity contribution in [1.29, 1.82) is 0 Å². The van der Waals surface area contributed by atoms with E-state index in [9.17, 15) is 18.0 Å². The first-order valence-electron chi connectivity index (χ1n) is 9.05. The molecule has 150 valence electrons. The number of rotatable bonds is 6. The topological polar surface area (TPSA) is 62.4 Å². The quantitative estimate of drug-likeness (QED) is 0.705. The van der Waals surface area contributed by atoms with E-state index in [-0.39, 0.29) is 24.1 Å². The number of ether oxygens (including phenoxy) is 1. The lowest BCUT2D eigenvalue weighted by Crippen LogP contribution is -2.43. The Kier molecular flexibility index (Phi) is 6.21. The van der Waals surface area contributed by atoms with E-state index in [1.807, 2.05) is 31.2 Å². The van der Waals surface area contributed by atoms with E-state index >= 15 is 0 Å². The molecule has 0 bridgehead atoms. The third-order valence-electron chi connectivity index (χ3n) is 4.59. The van der Waals surface area contributed by atoms with E-state index < -0.39 is 17.8 Å². The summed E-state index contributed by atoms with van der Waals surface area (Å²) in [6.45, 7) is 2.31. The summed E-state index contributed by atoms with van der Waals surface area (Å²) in [6.07, 6.45) is -3.96. The molecule has 1 saturated heterocycles. The fourth-order valence-electron chi connectivity index (χ4n) is 3.17. The minimum atomic E-state index is -4.45. The number of amides is 1. The fourth-order valence-corrected chi connectivity index (χ4v) is 3.17. The van der Waals surface area contributed by atoms with Gasteiger partial charge in [-0.3, -0.25) is 4.79 Å². The van der Waals surface area contributed by atoms with E-state index in [2.05, 4.69) is 16.2 Å². The van der Waals surface area contributed by atoms with Crippen LogP contribution in [0.15, 0.2) is 48.5 Å². The smallest absolute Gasteiger partial charge is 0.416 e. The molecule has 0 aromatic heterocycles. The SMILES string of the molecule is CCOc1ccc(C2CC(C(=O)NCc3ccccc3C(F)(F)F)NN2)cc1. The molecule has 5 nitrogen and oxygen atoms in total. The van der Waals surface area contributed by atoms with Crippen molar-refractivity contribution >= 4 is 5.91 Å². The highest BCUT2D eigenvalue weighted by Crippen LogP contribution is 2.32. The van der Waals surface area contributed by atoms with Crippen molar-refractivity contribution in [3.05, 3.63) is 65.2 Å². The lowest BCUT2D eigenvalue weighted by Gasteiger charge is -2.15. The predicted octanol–water partition coefficient (Wildman–Crippen LogP) is 3.33. The molecule has 2 unspecified atom stereocenters. The van der Waals surface area contributed by atoms with Crippen molar-refractivity contribution in [3.8, 4) is 5.75 Å². The van der Waals surface area contributed by atoms with Gasteiger partial charge in [0, 0.05) is 12.6 Å². The predicted molar refractivity (Wildman–Crippen MR) is 98.3 cm³/mol. The zero-order valence-electron chi connectivity index (χ0n) is 15.3. The highest BCUT2D eigenvalue weighted by atomic mass is 19.4. The second kappa shape index (κ2) is 8.62. The first kappa shape index (κ1) is 20.2. The number of benzene rings is 2. The molecule has 0 saturated carbocycles. The summed E-state index contributed by atoms with van der Waals surface area (Å²) in [5.41, 5.74) is 6.27. The molecule has 1 aliphatic rings. The van der Waals surface area contributed by atoms with Crippen molar-refractivity contribution in [2.24, 2.45) is 0 Å². The Bertz CT molecular complexity index is 809. The Hall–Kier alpha value is -2.58. The van der Waals surface area contributed by atoms with E-state index in [0.29, 0.717) is 13.0 Å². The molecule has 0 spiro atoms. The maximum atomic E-state index is 13.0. The van der Waals surface area contributed by atoms with Gasteiger partial charge in [-0.2, -0.15) is 13.2 Å². The summed E-state index contributed by atoms with van der Waals surface area (Å²) < 4.78 is 44.5. The van der Waals surface area contributed by atoms with Gasteiger partial charge in [0.25, 0.3) is 0 Å². The summed E-state index contributed by atoms with van der Waals surface area (Å²) in [5.74, 6) is 0.424. The Morgan fingerprint density at radius 1 is 1.14 bits per heavy atom. The number of hydrogen-bond donors (Lipinski definition) is 3. The summed E-state index contributed by atoms with van der Waals surface area (Å²) in [5, 5.41) is 2.59. The van der Waals surface area contributed by atoms with Crippen LogP contribution in [0, 0.1) is 0 Å². The van der Waals surface area contributed by atoms with E-state index in [0.717, 1.165) is 17.4 Å². The summed E-state index contributed by atoms with van der Waals surface area (Å²) >= 11 is 0. The molecule has 2 atom stereocenters. The summed E-state index contributed by atoms with van der Waals surface area (Å²) in [4.78, 5) is 12.4. The molecule has 3 rings (SSSR count). The third-order valence-corrected chi connectivity index (χ3v) is 4.59.